The van der Waals surface area contributed by atoms with Gasteiger partial charge in [-0.3, -0.25) is 9.78 Å². The van der Waals surface area contributed by atoms with Gasteiger partial charge in [0.1, 0.15) is 13.2 Å². The molecule has 3 aromatic rings. The number of unbranched alkanes of at least 4 members (excludes halogenated alkanes) is 5. The predicted molar refractivity (Wildman–Crippen MR) is 127 cm³/mol. The number of hydrogen-bond acceptors (Lipinski definition) is 4. The molecule has 0 spiro atoms. The van der Waals surface area contributed by atoms with Gasteiger partial charge in [0.25, 0.3) is 5.91 Å². The van der Waals surface area contributed by atoms with E-state index in [-0.39, 0.29) is 5.91 Å². The molecule has 1 aromatic heterocycles. The Labute approximate surface area is 190 Å². The summed E-state index contributed by atoms with van der Waals surface area (Å²) in [6.07, 6.45) is 9.03. The van der Waals surface area contributed by atoms with Gasteiger partial charge in [-0.05, 0) is 42.3 Å². The molecule has 1 aliphatic rings. The normalized spacial score (nSPS) is 12.7. The van der Waals surface area contributed by atoms with E-state index in [9.17, 15) is 4.79 Å². The minimum Gasteiger partial charge on any atom is -0.486 e. The number of carbonyl (C=O) groups is 1. The number of benzene rings is 2. The number of rotatable bonds is 10. The zero-order chi connectivity index (χ0) is 22.2. The highest BCUT2D eigenvalue weighted by molar-refractivity contribution is 5.95. The Morgan fingerprint density at radius 1 is 0.938 bits per heavy atom. The molecule has 0 fully saturated rings. The van der Waals surface area contributed by atoms with Crippen LogP contribution in [0.5, 0.6) is 11.5 Å². The average molecular weight is 433 g/mol. The number of nitrogens with zero attached hydrogens (tertiary/aromatic N) is 2. The zero-order valence-electron chi connectivity index (χ0n) is 18.9. The Balaban J connectivity index is 1.50. The zero-order valence-corrected chi connectivity index (χ0v) is 18.9. The first-order valence-electron chi connectivity index (χ1n) is 11.8. The summed E-state index contributed by atoms with van der Waals surface area (Å²) in [5.41, 5.74) is 2.64. The fourth-order valence-electron chi connectivity index (χ4n) is 4.12. The Bertz CT molecular complexity index is 1050. The number of amides is 1. The maximum Gasteiger partial charge on any atom is 0.254 e. The summed E-state index contributed by atoms with van der Waals surface area (Å²) < 4.78 is 11.3. The summed E-state index contributed by atoms with van der Waals surface area (Å²) in [6.45, 7) is 4.55. The summed E-state index contributed by atoms with van der Waals surface area (Å²) in [6, 6.07) is 15.7. The van der Waals surface area contributed by atoms with Crippen LogP contribution in [-0.2, 0) is 6.54 Å². The molecule has 0 radical (unpaired) electrons. The lowest BCUT2D eigenvalue weighted by Gasteiger charge is -2.24. The lowest BCUT2D eigenvalue weighted by atomic mass is 10.1. The number of fused-ring (bicyclic) bond motifs is 2. The summed E-state index contributed by atoms with van der Waals surface area (Å²) >= 11 is 0. The van der Waals surface area contributed by atoms with Gasteiger partial charge in [0.05, 0.1) is 5.52 Å². The predicted octanol–water partition coefficient (Wildman–Crippen LogP) is 6.01. The molecular weight excluding hydrogens is 400 g/mol. The van der Waals surface area contributed by atoms with E-state index in [1.165, 1.54) is 25.7 Å². The second-order valence-electron chi connectivity index (χ2n) is 8.39. The molecule has 0 saturated heterocycles. The number of ether oxygens (including phenoxy) is 2. The van der Waals surface area contributed by atoms with Crippen molar-refractivity contribution >= 4 is 16.8 Å². The van der Waals surface area contributed by atoms with Crippen LogP contribution in [-0.4, -0.2) is 35.5 Å². The van der Waals surface area contributed by atoms with Crippen LogP contribution in [0.4, 0.5) is 0 Å². The highest BCUT2D eigenvalue weighted by Gasteiger charge is 2.20. The molecular formula is C27H32N2O3. The number of hydrogen-bond donors (Lipinski definition) is 0. The van der Waals surface area contributed by atoms with E-state index in [0.717, 1.165) is 35.9 Å². The van der Waals surface area contributed by atoms with E-state index >= 15 is 0 Å². The second-order valence-corrected chi connectivity index (χ2v) is 8.39. The molecule has 4 rings (SSSR count). The summed E-state index contributed by atoms with van der Waals surface area (Å²) in [7, 11) is 0. The fourth-order valence-corrected chi connectivity index (χ4v) is 4.12. The van der Waals surface area contributed by atoms with E-state index in [0.29, 0.717) is 36.8 Å². The van der Waals surface area contributed by atoms with E-state index in [4.69, 9.17) is 9.47 Å². The molecule has 1 aliphatic heterocycles. The van der Waals surface area contributed by atoms with E-state index in [1.54, 1.807) is 0 Å². The van der Waals surface area contributed by atoms with Gasteiger partial charge in [0.15, 0.2) is 11.5 Å². The van der Waals surface area contributed by atoms with Crippen molar-refractivity contribution in [2.45, 2.75) is 52.0 Å². The van der Waals surface area contributed by atoms with Crippen LogP contribution in [0.25, 0.3) is 10.9 Å². The highest BCUT2D eigenvalue weighted by Crippen LogP contribution is 2.31. The van der Waals surface area contributed by atoms with E-state index in [1.807, 2.05) is 47.5 Å². The summed E-state index contributed by atoms with van der Waals surface area (Å²) in [5.74, 6) is 1.37. The monoisotopic (exact) mass is 432 g/mol. The van der Waals surface area contributed by atoms with Crippen LogP contribution in [0.15, 0.2) is 54.7 Å². The van der Waals surface area contributed by atoms with Gasteiger partial charge >= 0.3 is 0 Å². The third-order valence-electron chi connectivity index (χ3n) is 5.88. The Hall–Kier alpha value is -3.08. The molecule has 0 aliphatic carbocycles. The van der Waals surface area contributed by atoms with Crippen LogP contribution in [0.2, 0.25) is 0 Å². The molecule has 1 amide bonds. The molecule has 0 N–H and O–H groups in total. The summed E-state index contributed by atoms with van der Waals surface area (Å²) in [4.78, 5) is 20.0. The molecule has 5 heteroatoms. The maximum absolute atomic E-state index is 13.5. The summed E-state index contributed by atoms with van der Waals surface area (Å²) in [5, 5.41) is 1.09. The highest BCUT2D eigenvalue weighted by atomic mass is 16.6. The van der Waals surface area contributed by atoms with Gasteiger partial charge in [0.2, 0.25) is 0 Å². The van der Waals surface area contributed by atoms with Crippen molar-refractivity contribution in [2.24, 2.45) is 0 Å². The van der Waals surface area contributed by atoms with Crippen molar-refractivity contribution in [3.8, 4) is 11.5 Å². The molecule has 2 heterocycles. The van der Waals surface area contributed by atoms with Crippen molar-refractivity contribution in [1.82, 2.24) is 9.88 Å². The number of aromatic nitrogens is 1. The van der Waals surface area contributed by atoms with Crippen molar-refractivity contribution in [2.75, 3.05) is 19.8 Å². The third-order valence-corrected chi connectivity index (χ3v) is 5.88. The van der Waals surface area contributed by atoms with Crippen LogP contribution < -0.4 is 9.47 Å². The molecule has 0 saturated carbocycles. The molecule has 168 valence electrons. The van der Waals surface area contributed by atoms with Gasteiger partial charge in [-0.2, -0.15) is 0 Å². The van der Waals surface area contributed by atoms with Crippen LogP contribution >= 0.6 is 0 Å². The maximum atomic E-state index is 13.5. The number of carbonyl (C=O) groups excluding carboxylic acids is 1. The van der Waals surface area contributed by atoms with Crippen LogP contribution in [0.3, 0.4) is 0 Å². The fraction of sp³-hybridized carbons (Fsp3) is 0.407. The minimum atomic E-state index is 0.0173. The first kappa shape index (κ1) is 22.1. The largest absolute Gasteiger partial charge is 0.486 e. The first-order chi connectivity index (χ1) is 15.7. The second kappa shape index (κ2) is 11.0. The quantitative estimate of drug-likeness (QED) is 0.368. The Kier molecular flexibility index (Phi) is 7.59. The van der Waals surface area contributed by atoms with Gasteiger partial charge in [-0.15, -0.1) is 0 Å². The van der Waals surface area contributed by atoms with Crippen molar-refractivity contribution in [3.05, 3.63) is 65.9 Å². The lowest BCUT2D eigenvalue weighted by molar-refractivity contribution is 0.0738. The van der Waals surface area contributed by atoms with E-state index < -0.39 is 0 Å². The average Bonchev–Trinajstić information content (AvgIpc) is 2.84. The molecule has 5 nitrogen and oxygen atoms in total. The number of para-hydroxylation sites is 1. The molecule has 32 heavy (non-hydrogen) atoms. The topological polar surface area (TPSA) is 51.7 Å². The minimum absolute atomic E-state index is 0.0173. The van der Waals surface area contributed by atoms with Gasteiger partial charge in [-0.25, -0.2) is 0 Å². The molecule has 0 unspecified atom stereocenters. The van der Waals surface area contributed by atoms with Crippen LogP contribution in [0, 0.1) is 0 Å². The standard InChI is InChI=1S/C27H32N2O3/c1-2-3-4-5-6-9-14-29(20-21-17-22-10-7-8-11-24(22)28-19-21)27(30)23-12-13-25-26(18-23)32-16-15-31-25/h7-8,10-13,17-19H,2-6,9,14-16,20H2,1H3. The van der Waals surface area contributed by atoms with Gasteiger partial charge in [0, 0.05) is 30.2 Å². The molecule has 2 aromatic carbocycles. The SMILES string of the molecule is CCCCCCCCN(Cc1cnc2ccccc2c1)C(=O)c1ccc2c(c1)OCCO2. The van der Waals surface area contributed by atoms with Crippen molar-refractivity contribution < 1.29 is 14.3 Å². The lowest BCUT2D eigenvalue weighted by Crippen LogP contribution is -2.31. The third kappa shape index (κ3) is 5.58. The smallest absolute Gasteiger partial charge is 0.254 e. The van der Waals surface area contributed by atoms with Crippen molar-refractivity contribution in [3.63, 3.8) is 0 Å². The van der Waals surface area contributed by atoms with Gasteiger partial charge < -0.3 is 14.4 Å². The first-order valence-corrected chi connectivity index (χ1v) is 11.8. The Morgan fingerprint density at radius 3 is 2.59 bits per heavy atom. The van der Waals surface area contributed by atoms with Crippen molar-refractivity contribution in [1.29, 1.82) is 0 Å². The molecule has 0 atom stereocenters. The van der Waals surface area contributed by atoms with Crippen LogP contribution in [0.1, 0.15) is 61.4 Å². The number of pyridine rings is 1. The van der Waals surface area contributed by atoms with Gasteiger partial charge in [-0.1, -0.05) is 57.2 Å². The molecule has 0 bridgehead atoms. The Morgan fingerprint density at radius 2 is 1.72 bits per heavy atom. The van der Waals surface area contributed by atoms with E-state index in [2.05, 4.69) is 24.0 Å².